The number of hydrogen-bond donors (Lipinski definition) is 0. The number of carbonyl (C=O) groups is 3. The van der Waals surface area contributed by atoms with Crippen molar-refractivity contribution in [2.24, 2.45) is 17.8 Å². The van der Waals surface area contributed by atoms with E-state index >= 15 is 0 Å². The van der Waals surface area contributed by atoms with Crippen molar-refractivity contribution in [3.63, 3.8) is 0 Å². The van der Waals surface area contributed by atoms with Crippen molar-refractivity contribution in [3.8, 4) is 0 Å². The standard InChI is InChI=1S/C18H29N3O3/c1-13(2)11-19-7-9-20(10-8-19)16(22)12-21-17(23)14-5-3-4-6-15(14)18(21)24/h13-15H,3-12H2,1-2H3. The number of imide groups is 1. The van der Waals surface area contributed by atoms with Gasteiger partial charge in [-0.1, -0.05) is 26.7 Å². The van der Waals surface area contributed by atoms with Gasteiger partial charge in [0.25, 0.3) is 0 Å². The smallest absolute Gasteiger partial charge is 0.242 e. The normalized spacial score (nSPS) is 28.6. The number of fused-ring (bicyclic) bond motifs is 1. The quantitative estimate of drug-likeness (QED) is 0.718. The summed E-state index contributed by atoms with van der Waals surface area (Å²) in [5, 5.41) is 0. The van der Waals surface area contributed by atoms with Gasteiger partial charge in [-0.3, -0.25) is 24.2 Å². The summed E-state index contributed by atoms with van der Waals surface area (Å²) >= 11 is 0. The average molecular weight is 335 g/mol. The third-order valence-electron chi connectivity index (χ3n) is 5.57. The number of likely N-dealkylation sites (tertiary alicyclic amines) is 1. The van der Waals surface area contributed by atoms with Gasteiger partial charge in [0.1, 0.15) is 6.54 Å². The van der Waals surface area contributed by atoms with Crippen molar-refractivity contribution >= 4 is 17.7 Å². The first-order chi connectivity index (χ1) is 11.5. The van der Waals surface area contributed by atoms with Crippen LogP contribution in [0.15, 0.2) is 0 Å². The van der Waals surface area contributed by atoms with Gasteiger partial charge in [0.05, 0.1) is 11.8 Å². The van der Waals surface area contributed by atoms with E-state index in [0.717, 1.165) is 45.3 Å². The van der Waals surface area contributed by atoms with Crippen LogP contribution in [0.1, 0.15) is 39.5 Å². The van der Waals surface area contributed by atoms with Gasteiger partial charge in [-0.2, -0.15) is 0 Å². The Morgan fingerprint density at radius 1 is 1.00 bits per heavy atom. The summed E-state index contributed by atoms with van der Waals surface area (Å²) in [6.07, 6.45) is 3.63. The van der Waals surface area contributed by atoms with Crippen LogP contribution in [-0.4, -0.2) is 71.7 Å². The topological polar surface area (TPSA) is 60.9 Å². The molecule has 2 unspecified atom stereocenters. The van der Waals surface area contributed by atoms with Gasteiger partial charge in [0.15, 0.2) is 0 Å². The van der Waals surface area contributed by atoms with Gasteiger partial charge in [0, 0.05) is 32.7 Å². The molecule has 0 radical (unpaired) electrons. The lowest BCUT2D eigenvalue weighted by atomic mass is 9.81. The van der Waals surface area contributed by atoms with Gasteiger partial charge >= 0.3 is 0 Å². The van der Waals surface area contributed by atoms with Crippen LogP contribution in [0.2, 0.25) is 0 Å². The highest BCUT2D eigenvalue weighted by Gasteiger charge is 2.48. The van der Waals surface area contributed by atoms with Crippen molar-refractivity contribution in [1.29, 1.82) is 0 Å². The Kier molecular flexibility index (Phi) is 5.23. The molecule has 0 aromatic heterocycles. The van der Waals surface area contributed by atoms with Crippen LogP contribution in [0.4, 0.5) is 0 Å². The molecule has 6 nitrogen and oxygen atoms in total. The number of nitrogens with zero attached hydrogens (tertiary/aromatic N) is 3. The van der Waals surface area contributed by atoms with Crippen LogP contribution in [0.5, 0.6) is 0 Å². The molecule has 6 heteroatoms. The highest BCUT2D eigenvalue weighted by molar-refractivity contribution is 6.07. The molecule has 0 aromatic rings. The third kappa shape index (κ3) is 3.48. The zero-order chi connectivity index (χ0) is 17.3. The fraction of sp³-hybridized carbons (Fsp3) is 0.833. The summed E-state index contributed by atoms with van der Waals surface area (Å²) in [7, 11) is 0. The van der Waals surface area contributed by atoms with Crippen LogP contribution in [-0.2, 0) is 14.4 Å². The second-order valence-electron chi connectivity index (χ2n) is 7.84. The van der Waals surface area contributed by atoms with Crippen LogP contribution in [0, 0.1) is 17.8 Å². The van der Waals surface area contributed by atoms with Crippen LogP contribution in [0.25, 0.3) is 0 Å². The van der Waals surface area contributed by atoms with Crippen LogP contribution in [0.3, 0.4) is 0 Å². The fourth-order valence-electron chi connectivity index (χ4n) is 4.32. The zero-order valence-electron chi connectivity index (χ0n) is 14.9. The molecule has 3 amide bonds. The summed E-state index contributed by atoms with van der Waals surface area (Å²) in [5.41, 5.74) is 0. The van der Waals surface area contributed by atoms with Gasteiger partial charge in [-0.25, -0.2) is 0 Å². The highest BCUT2D eigenvalue weighted by atomic mass is 16.2. The Labute approximate surface area is 144 Å². The minimum absolute atomic E-state index is 0.0607. The summed E-state index contributed by atoms with van der Waals surface area (Å²) in [4.78, 5) is 42.9. The lowest BCUT2D eigenvalue weighted by molar-refractivity contribution is -0.147. The first kappa shape index (κ1) is 17.4. The minimum Gasteiger partial charge on any atom is -0.339 e. The maximum atomic E-state index is 12.5. The first-order valence-electron chi connectivity index (χ1n) is 9.32. The molecule has 1 saturated carbocycles. The lowest BCUT2D eigenvalue weighted by Gasteiger charge is -2.36. The van der Waals surface area contributed by atoms with E-state index in [1.165, 1.54) is 4.90 Å². The molecule has 3 aliphatic rings. The van der Waals surface area contributed by atoms with Crippen LogP contribution >= 0.6 is 0 Å². The molecule has 0 N–H and O–H groups in total. The number of carbonyl (C=O) groups excluding carboxylic acids is 3. The number of rotatable bonds is 4. The maximum Gasteiger partial charge on any atom is 0.242 e. The lowest BCUT2D eigenvalue weighted by Crippen LogP contribution is -2.52. The predicted molar refractivity (Wildman–Crippen MR) is 90.0 cm³/mol. The van der Waals surface area contributed by atoms with E-state index in [-0.39, 0.29) is 36.1 Å². The van der Waals surface area contributed by atoms with Crippen molar-refractivity contribution in [2.75, 3.05) is 39.3 Å². The van der Waals surface area contributed by atoms with Gasteiger partial charge in [-0.15, -0.1) is 0 Å². The SMILES string of the molecule is CC(C)CN1CCN(C(=O)CN2C(=O)C3CCCCC3C2=O)CC1. The molecule has 2 heterocycles. The Morgan fingerprint density at radius 3 is 2.04 bits per heavy atom. The molecule has 0 aromatic carbocycles. The van der Waals surface area contributed by atoms with Crippen molar-refractivity contribution in [2.45, 2.75) is 39.5 Å². The van der Waals surface area contributed by atoms with E-state index in [9.17, 15) is 14.4 Å². The number of piperazine rings is 1. The van der Waals surface area contributed by atoms with Gasteiger partial charge < -0.3 is 4.90 Å². The molecule has 134 valence electrons. The van der Waals surface area contributed by atoms with Crippen molar-refractivity contribution in [1.82, 2.24) is 14.7 Å². The molecule has 24 heavy (non-hydrogen) atoms. The molecular weight excluding hydrogens is 306 g/mol. The maximum absolute atomic E-state index is 12.5. The Balaban J connectivity index is 1.54. The van der Waals surface area contributed by atoms with Crippen LogP contribution < -0.4 is 0 Å². The molecule has 0 bridgehead atoms. The third-order valence-corrected chi connectivity index (χ3v) is 5.57. The van der Waals surface area contributed by atoms with Crippen molar-refractivity contribution in [3.05, 3.63) is 0 Å². The molecule has 3 fully saturated rings. The van der Waals surface area contributed by atoms with E-state index in [1.54, 1.807) is 4.90 Å². The fourth-order valence-corrected chi connectivity index (χ4v) is 4.32. The van der Waals surface area contributed by atoms with Gasteiger partial charge in [0.2, 0.25) is 17.7 Å². The summed E-state index contributed by atoms with van der Waals surface area (Å²) in [6, 6.07) is 0. The van der Waals surface area contributed by atoms with E-state index in [0.29, 0.717) is 19.0 Å². The van der Waals surface area contributed by atoms with E-state index in [4.69, 9.17) is 0 Å². The first-order valence-corrected chi connectivity index (χ1v) is 9.32. The summed E-state index contributed by atoms with van der Waals surface area (Å²) < 4.78 is 0. The molecule has 1 aliphatic carbocycles. The van der Waals surface area contributed by atoms with Crippen molar-refractivity contribution < 1.29 is 14.4 Å². The van der Waals surface area contributed by atoms with E-state index in [2.05, 4.69) is 18.7 Å². The second kappa shape index (κ2) is 7.21. The Bertz CT molecular complexity index is 488. The molecule has 3 rings (SSSR count). The molecule has 2 aliphatic heterocycles. The largest absolute Gasteiger partial charge is 0.339 e. The minimum atomic E-state index is -0.165. The Morgan fingerprint density at radius 2 is 1.54 bits per heavy atom. The Hall–Kier alpha value is -1.43. The predicted octanol–water partition coefficient (Wildman–Crippen LogP) is 0.962. The molecule has 0 spiro atoms. The summed E-state index contributed by atoms with van der Waals surface area (Å²) in [5.74, 6) is -0.0214. The average Bonchev–Trinajstić information content (AvgIpc) is 2.80. The molecular formula is C18H29N3O3. The summed E-state index contributed by atoms with van der Waals surface area (Å²) in [6.45, 7) is 8.50. The number of hydrogen-bond acceptors (Lipinski definition) is 4. The van der Waals surface area contributed by atoms with E-state index < -0.39 is 0 Å². The van der Waals surface area contributed by atoms with Gasteiger partial charge in [-0.05, 0) is 18.8 Å². The molecule has 2 saturated heterocycles. The second-order valence-corrected chi connectivity index (χ2v) is 7.84. The monoisotopic (exact) mass is 335 g/mol. The van der Waals surface area contributed by atoms with E-state index in [1.807, 2.05) is 0 Å². The molecule has 2 atom stereocenters. The highest BCUT2D eigenvalue weighted by Crippen LogP contribution is 2.37. The zero-order valence-corrected chi connectivity index (χ0v) is 14.9. The number of amides is 3.